The molecule has 144 valence electrons. The van der Waals surface area contributed by atoms with Crippen molar-refractivity contribution in [1.29, 1.82) is 0 Å². The summed E-state index contributed by atoms with van der Waals surface area (Å²) >= 11 is 3.41. The van der Waals surface area contributed by atoms with Gasteiger partial charge in [0.2, 0.25) is 11.8 Å². The van der Waals surface area contributed by atoms with E-state index in [-0.39, 0.29) is 11.8 Å². The molecule has 4 rings (SSSR count). The lowest BCUT2D eigenvalue weighted by molar-refractivity contribution is 0.102. The van der Waals surface area contributed by atoms with Crippen LogP contribution >= 0.6 is 15.9 Å². The minimum Gasteiger partial charge on any atom is -0.438 e. The highest BCUT2D eigenvalue weighted by atomic mass is 79.9. The third-order valence-electron chi connectivity index (χ3n) is 3.99. The number of ether oxygens (including phenoxy) is 1. The fourth-order valence-corrected chi connectivity index (χ4v) is 2.88. The summed E-state index contributed by atoms with van der Waals surface area (Å²) in [4.78, 5) is 21.0. The second-order valence-electron chi connectivity index (χ2n) is 6.12. The number of nitrogens with zero attached hydrogens (tertiary/aromatic N) is 4. The molecule has 0 saturated heterocycles. The van der Waals surface area contributed by atoms with E-state index in [0.717, 1.165) is 10.0 Å². The summed E-state index contributed by atoms with van der Waals surface area (Å²) < 4.78 is 8.41. The maximum absolute atomic E-state index is 12.7. The number of rotatable bonds is 6. The molecule has 7 nitrogen and oxygen atoms in total. The zero-order valence-corrected chi connectivity index (χ0v) is 16.8. The van der Waals surface area contributed by atoms with Crippen molar-refractivity contribution in [1.82, 2.24) is 19.7 Å². The van der Waals surface area contributed by atoms with E-state index in [1.54, 1.807) is 41.5 Å². The van der Waals surface area contributed by atoms with Gasteiger partial charge in [-0.05, 0) is 42.0 Å². The lowest BCUT2D eigenvalue weighted by Crippen LogP contribution is -2.15. The van der Waals surface area contributed by atoms with Crippen LogP contribution in [-0.4, -0.2) is 25.7 Å². The maximum atomic E-state index is 12.7. The van der Waals surface area contributed by atoms with E-state index >= 15 is 0 Å². The Morgan fingerprint density at radius 3 is 2.59 bits per heavy atom. The summed E-state index contributed by atoms with van der Waals surface area (Å²) in [5.74, 6) is 0.620. The van der Waals surface area contributed by atoms with Crippen LogP contribution in [0.5, 0.6) is 11.6 Å². The number of carbonyl (C=O) groups is 1. The molecule has 0 fully saturated rings. The number of hydrogen-bond donors (Lipinski definition) is 1. The summed E-state index contributed by atoms with van der Waals surface area (Å²) in [6, 6.07) is 20.4. The predicted molar refractivity (Wildman–Crippen MR) is 112 cm³/mol. The van der Waals surface area contributed by atoms with E-state index in [1.165, 1.54) is 0 Å². The number of anilines is 1. The number of amides is 1. The van der Waals surface area contributed by atoms with Crippen LogP contribution in [0.4, 0.5) is 5.95 Å². The highest BCUT2D eigenvalue weighted by Crippen LogP contribution is 2.23. The summed E-state index contributed by atoms with van der Waals surface area (Å²) in [6.45, 7) is 0.547. The summed E-state index contributed by atoms with van der Waals surface area (Å²) in [5, 5.41) is 7.00. The van der Waals surface area contributed by atoms with Crippen molar-refractivity contribution in [3.63, 3.8) is 0 Å². The van der Waals surface area contributed by atoms with Gasteiger partial charge in [-0.2, -0.15) is 0 Å². The first-order valence-corrected chi connectivity index (χ1v) is 9.60. The molecule has 2 aromatic carbocycles. The molecule has 0 aliphatic heterocycles. The van der Waals surface area contributed by atoms with Gasteiger partial charge in [0.15, 0.2) is 0 Å². The molecule has 0 spiro atoms. The van der Waals surface area contributed by atoms with Gasteiger partial charge in [-0.25, -0.2) is 14.6 Å². The van der Waals surface area contributed by atoms with Gasteiger partial charge in [-0.1, -0.05) is 46.3 Å². The normalized spacial score (nSPS) is 10.5. The molecule has 0 bridgehead atoms. The third kappa shape index (κ3) is 4.85. The van der Waals surface area contributed by atoms with Gasteiger partial charge in [-0.3, -0.25) is 10.1 Å². The van der Waals surface area contributed by atoms with Crippen molar-refractivity contribution in [2.24, 2.45) is 0 Å². The Bertz CT molecular complexity index is 1110. The van der Waals surface area contributed by atoms with Crippen LogP contribution in [0.2, 0.25) is 0 Å². The standard InChI is InChI=1S/C21H16BrN5O2/c22-16-10-8-15(9-11-16)13-27-14-24-21(26-27)25-19(28)18-7-4-12-23-20(18)29-17-5-2-1-3-6-17/h1-12,14H,13H2,(H,25,26,28). The van der Waals surface area contributed by atoms with Crippen LogP contribution in [0.15, 0.2) is 83.7 Å². The average Bonchev–Trinajstić information content (AvgIpc) is 3.17. The molecule has 0 unspecified atom stereocenters. The van der Waals surface area contributed by atoms with Crippen LogP contribution in [0.25, 0.3) is 0 Å². The quantitative estimate of drug-likeness (QED) is 0.467. The Hall–Kier alpha value is -3.52. The van der Waals surface area contributed by atoms with Crippen molar-refractivity contribution in [2.75, 3.05) is 5.32 Å². The molecule has 1 amide bonds. The van der Waals surface area contributed by atoms with Gasteiger partial charge >= 0.3 is 0 Å². The average molecular weight is 450 g/mol. The number of carbonyl (C=O) groups excluding carboxylic acids is 1. The van der Waals surface area contributed by atoms with Crippen molar-refractivity contribution < 1.29 is 9.53 Å². The molecule has 1 N–H and O–H groups in total. The number of aromatic nitrogens is 4. The van der Waals surface area contributed by atoms with Gasteiger partial charge in [0.25, 0.3) is 5.91 Å². The molecule has 4 aromatic rings. The van der Waals surface area contributed by atoms with Crippen molar-refractivity contribution in [3.8, 4) is 11.6 Å². The Labute approximate surface area is 175 Å². The van der Waals surface area contributed by atoms with E-state index in [0.29, 0.717) is 17.9 Å². The second-order valence-corrected chi connectivity index (χ2v) is 7.03. The van der Waals surface area contributed by atoms with Gasteiger partial charge in [0.05, 0.1) is 6.54 Å². The molecule has 0 aliphatic rings. The molecule has 0 aliphatic carbocycles. The first-order valence-electron chi connectivity index (χ1n) is 8.80. The lowest BCUT2D eigenvalue weighted by atomic mass is 10.2. The minimum atomic E-state index is -0.398. The van der Waals surface area contributed by atoms with Gasteiger partial charge < -0.3 is 4.74 Å². The van der Waals surface area contributed by atoms with Crippen molar-refractivity contribution in [3.05, 3.63) is 94.9 Å². The zero-order valence-electron chi connectivity index (χ0n) is 15.2. The van der Waals surface area contributed by atoms with Crippen LogP contribution in [0, 0.1) is 0 Å². The molecule has 0 saturated carbocycles. The Morgan fingerprint density at radius 1 is 1.00 bits per heavy atom. The molecule has 2 aromatic heterocycles. The van der Waals surface area contributed by atoms with Gasteiger partial charge in [0.1, 0.15) is 17.6 Å². The molecular formula is C21H16BrN5O2. The zero-order chi connectivity index (χ0) is 20.1. The maximum Gasteiger partial charge on any atom is 0.263 e. The Balaban J connectivity index is 1.46. The molecular weight excluding hydrogens is 434 g/mol. The number of nitrogens with one attached hydrogen (secondary N) is 1. The van der Waals surface area contributed by atoms with Gasteiger partial charge in [-0.15, -0.1) is 5.10 Å². The molecule has 8 heteroatoms. The van der Waals surface area contributed by atoms with Crippen molar-refractivity contribution >= 4 is 27.8 Å². The van der Waals surface area contributed by atoms with E-state index in [4.69, 9.17) is 4.74 Å². The molecule has 29 heavy (non-hydrogen) atoms. The minimum absolute atomic E-state index is 0.210. The summed E-state index contributed by atoms with van der Waals surface area (Å²) in [7, 11) is 0. The van der Waals surface area contributed by atoms with E-state index in [2.05, 4.69) is 36.3 Å². The number of para-hydroxylation sites is 1. The highest BCUT2D eigenvalue weighted by molar-refractivity contribution is 9.10. The molecule has 0 atom stereocenters. The first-order chi connectivity index (χ1) is 14.2. The SMILES string of the molecule is O=C(Nc1ncn(Cc2ccc(Br)cc2)n1)c1cccnc1Oc1ccccc1. The van der Waals surface area contributed by atoms with E-state index < -0.39 is 5.91 Å². The number of halogens is 1. The second kappa shape index (κ2) is 8.66. The summed E-state index contributed by atoms with van der Waals surface area (Å²) in [5.41, 5.74) is 1.36. The Morgan fingerprint density at radius 2 is 1.79 bits per heavy atom. The van der Waals surface area contributed by atoms with Crippen LogP contribution in [0.1, 0.15) is 15.9 Å². The van der Waals surface area contributed by atoms with Crippen molar-refractivity contribution in [2.45, 2.75) is 6.54 Å². The van der Waals surface area contributed by atoms with E-state index in [9.17, 15) is 4.79 Å². The Kier molecular flexibility index (Phi) is 5.62. The number of hydrogen-bond acceptors (Lipinski definition) is 5. The lowest BCUT2D eigenvalue weighted by Gasteiger charge is -2.09. The van der Waals surface area contributed by atoms with Crippen LogP contribution in [0.3, 0.4) is 0 Å². The molecule has 2 heterocycles. The molecule has 0 radical (unpaired) electrons. The third-order valence-corrected chi connectivity index (χ3v) is 4.52. The smallest absolute Gasteiger partial charge is 0.263 e. The summed E-state index contributed by atoms with van der Waals surface area (Å²) in [6.07, 6.45) is 3.14. The largest absolute Gasteiger partial charge is 0.438 e. The number of pyridine rings is 1. The monoisotopic (exact) mass is 449 g/mol. The van der Waals surface area contributed by atoms with E-state index in [1.807, 2.05) is 42.5 Å². The van der Waals surface area contributed by atoms with Gasteiger partial charge in [0, 0.05) is 10.7 Å². The highest BCUT2D eigenvalue weighted by Gasteiger charge is 2.16. The number of benzene rings is 2. The van der Waals surface area contributed by atoms with Crippen LogP contribution < -0.4 is 10.1 Å². The first kappa shape index (κ1) is 18.8. The topological polar surface area (TPSA) is 81.9 Å². The predicted octanol–water partition coefficient (Wildman–Crippen LogP) is 4.53. The van der Waals surface area contributed by atoms with Crippen LogP contribution in [-0.2, 0) is 6.54 Å². The fraction of sp³-hybridized carbons (Fsp3) is 0.0476. The fourth-order valence-electron chi connectivity index (χ4n) is 2.62.